The van der Waals surface area contributed by atoms with Crippen molar-refractivity contribution < 1.29 is 13.6 Å². The fourth-order valence-corrected chi connectivity index (χ4v) is 5.22. The van der Waals surface area contributed by atoms with E-state index in [1.807, 2.05) is 0 Å². The first-order valence-electron chi connectivity index (χ1n) is 6.71. The lowest BCUT2D eigenvalue weighted by Crippen LogP contribution is -2.43. The quantitative estimate of drug-likeness (QED) is 0.573. The van der Waals surface area contributed by atoms with Crippen LogP contribution < -0.4 is 5.73 Å². The van der Waals surface area contributed by atoms with Gasteiger partial charge in [-0.15, -0.1) is 23.2 Å². The Morgan fingerprint density at radius 3 is 2.05 bits per heavy atom. The van der Waals surface area contributed by atoms with Gasteiger partial charge in [0.15, 0.2) is 0 Å². The van der Waals surface area contributed by atoms with Crippen LogP contribution >= 0.6 is 30.8 Å². The van der Waals surface area contributed by atoms with Gasteiger partial charge >= 0.3 is 7.60 Å². The third kappa shape index (κ3) is 4.87. The Hall–Kier alpha value is 0.690. The zero-order valence-corrected chi connectivity index (χ0v) is 14.0. The van der Waals surface area contributed by atoms with E-state index in [0.717, 1.165) is 12.8 Å². The second kappa shape index (κ2) is 8.21. The van der Waals surface area contributed by atoms with Gasteiger partial charge in [-0.3, -0.25) is 4.57 Å². The van der Waals surface area contributed by atoms with Gasteiger partial charge in [-0.05, 0) is 24.7 Å². The van der Waals surface area contributed by atoms with Crippen LogP contribution in [0.25, 0.3) is 0 Å². The molecule has 0 amide bonds. The van der Waals surface area contributed by atoms with Crippen molar-refractivity contribution in [3.8, 4) is 0 Å². The van der Waals surface area contributed by atoms with Crippen LogP contribution in [0.3, 0.4) is 0 Å². The Morgan fingerprint density at radius 2 is 1.58 bits per heavy atom. The zero-order valence-electron chi connectivity index (χ0n) is 11.6. The maximum atomic E-state index is 12.9. The fraction of sp³-hybridized carbons (Fsp3) is 1.00. The second-order valence-electron chi connectivity index (χ2n) is 5.24. The van der Waals surface area contributed by atoms with Crippen LogP contribution in [0, 0.1) is 11.8 Å². The summed E-state index contributed by atoms with van der Waals surface area (Å²) in [5.74, 6) is 1.54. The van der Waals surface area contributed by atoms with E-state index < -0.39 is 7.60 Å². The first-order chi connectivity index (χ1) is 8.94. The highest BCUT2D eigenvalue weighted by Gasteiger charge is 2.44. The van der Waals surface area contributed by atoms with Gasteiger partial charge < -0.3 is 14.8 Å². The topological polar surface area (TPSA) is 61.6 Å². The molecule has 4 nitrogen and oxygen atoms in total. The Balaban J connectivity index is 2.80. The van der Waals surface area contributed by atoms with Gasteiger partial charge in [0, 0.05) is 17.8 Å². The molecule has 0 aromatic carbocycles. The highest BCUT2D eigenvalue weighted by Crippen LogP contribution is 2.58. The minimum atomic E-state index is -3.24. The molecular formula is C12H24Cl2NO3P. The van der Waals surface area contributed by atoms with E-state index in [4.69, 9.17) is 38.0 Å². The van der Waals surface area contributed by atoms with Gasteiger partial charge in [-0.2, -0.15) is 0 Å². The predicted octanol–water partition coefficient (Wildman–Crippen LogP) is 3.45. The Labute approximate surface area is 125 Å². The summed E-state index contributed by atoms with van der Waals surface area (Å²) in [6.07, 6.45) is 1.59. The van der Waals surface area contributed by atoms with Crippen molar-refractivity contribution in [2.75, 3.05) is 25.0 Å². The number of hydrogen-bond donors (Lipinski definition) is 1. The Morgan fingerprint density at radius 1 is 1.11 bits per heavy atom. The molecule has 0 aromatic rings. The molecule has 0 aromatic heterocycles. The summed E-state index contributed by atoms with van der Waals surface area (Å²) in [5, 5.41) is 0. The van der Waals surface area contributed by atoms with Crippen molar-refractivity contribution in [2.24, 2.45) is 17.6 Å². The van der Waals surface area contributed by atoms with Gasteiger partial charge in [0.2, 0.25) is 0 Å². The summed E-state index contributed by atoms with van der Waals surface area (Å²) in [6, 6.07) is -0.164. The maximum Gasteiger partial charge on any atom is 0.335 e. The second-order valence-corrected chi connectivity index (χ2v) is 8.26. The molecule has 1 aliphatic carbocycles. The molecular weight excluding hydrogens is 308 g/mol. The molecule has 4 unspecified atom stereocenters. The van der Waals surface area contributed by atoms with Crippen molar-refractivity contribution in [1.29, 1.82) is 0 Å². The molecule has 2 N–H and O–H groups in total. The van der Waals surface area contributed by atoms with Gasteiger partial charge in [0.25, 0.3) is 0 Å². The summed E-state index contributed by atoms with van der Waals surface area (Å²) in [7, 11) is -3.24. The molecule has 7 heteroatoms. The summed E-state index contributed by atoms with van der Waals surface area (Å²) in [5.41, 5.74) is 5.90. The summed E-state index contributed by atoms with van der Waals surface area (Å²) in [4.78, 5) is 0. The predicted molar refractivity (Wildman–Crippen MR) is 80.3 cm³/mol. The average Bonchev–Trinajstić information content (AvgIpc) is 2.38. The molecule has 0 bridgehead atoms. The number of rotatable bonds is 7. The van der Waals surface area contributed by atoms with Crippen molar-refractivity contribution >= 4 is 30.8 Å². The van der Waals surface area contributed by atoms with E-state index in [-0.39, 0.29) is 36.7 Å². The van der Waals surface area contributed by atoms with E-state index in [9.17, 15) is 4.57 Å². The van der Waals surface area contributed by atoms with Crippen LogP contribution in [0.2, 0.25) is 0 Å². The van der Waals surface area contributed by atoms with Crippen LogP contribution in [0.1, 0.15) is 26.7 Å². The molecule has 1 rings (SSSR count). The molecule has 1 fully saturated rings. The van der Waals surface area contributed by atoms with Crippen molar-refractivity contribution in [3.05, 3.63) is 0 Å². The molecule has 0 saturated heterocycles. The van der Waals surface area contributed by atoms with E-state index in [2.05, 4.69) is 13.8 Å². The third-order valence-corrected chi connectivity index (χ3v) is 6.63. The van der Waals surface area contributed by atoms with E-state index in [0.29, 0.717) is 11.8 Å². The molecule has 0 spiro atoms. The van der Waals surface area contributed by atoms with Crippen LogP contribution in [0.5, 0.6) is 0 Å². The monoisotopic (exact) mass is 331 g/mol. The summed E-state index contributed by atoms with van der Waals surface area (Å²) >= 11 is 11.2. The van der Waals surface area contributed by atoms with Crippen molar-refractivity contribution in [3.63, 3.8) is 0 Å². The lowest BCUT2D eigenvalue weighted by molar-refractivity contribution is 0.180. The summed E-state index contributed by atoms with van der Waals surface area (Å²) in [6.45, 7) is 4.73. The lowest BCUT2D eigenvalue weighted by atomic mass is 9.79. The molecule has 0 radical (unpaired) electrons. The van der Waals surface area contributed by atoms with E-state index >= 15 is 0 Å². The van der Waals surface area contributed by atoms with Crippen molar-refractivity contribution in [2.45, 2.75) is 38.4 Å². The van der Waals surface area contributed by atoms with Gasteiger partial charge in [-0.25, -0.2) is 0 Å². The van der Waals surface area contributed by atoms with Crippen molar-refractivity contribution in [1.82, 2.24) is 0 Å². The molecule has 1 aliphatic rings. The number of hydrogen-bond acceptors (Lipinski definition) is 4. The SMILES string of the molecule is CC1CC(N)C(P(=O)(OCCCl)OCCCl)CC1C. The van der Waals surface area contributed by atoms with Crippen LogP contribution in [0.4, 0.5) is 0 Å². The lowest BCUT2D eigenvalue weighted by Gasteiger charge is -2.39. The number of halogens is 2. The highest BCUT2D eigenvalue weighted by molar-refractivity contribution is 7.54. The standard InChI is InChI=1S/C12H24Cl2NO3P/c1-9-7-11(15)12(8-10(9)2)19(16,17-5-3-13)18-6-4-14/h9-12H,3-8,15H2,1-2H3. The van der Waals surface area contributed by atoms with Crippen LogP contribution in [-0.2, 0) is 13.6 Å². The Kier molecular flexibility index (Phi) is 7.67. The molecule has 1 saturated carbocycles. The average molecular weight is 332 g/mol. The minimum absolute atomic E-state index is 0.164. The molecule has 0 aliphatic heterocycles. The normalized spacial score (nSPS) is 32.5. The van der Waals surface area contributed by atoms with Gasteiger partial charge in [-0.1, -0.05) is 13.8 Å². The van der Waals surface area contributed by atoms with Crippen LogP contribution in [-0.4, -0.2) is 36.7 Å². The summed E-state index contributed by atoms with van der Waals surface area (Å²) < 4.78 is 23.8. The molecule has 4 atom stereocenters. The number of nitrogens with two attached hydrogens (primary N) is 1. The van der Waals surface area contributed by atoms with E-state index in [1.54, 1.807) is 0 Å². The zero-order chi connectivity index (χ0) is 14.5. The maximum absolute atomic E-state index is 12.9. The van der Waals surface area contributed by atoms with Gasteiger partial charge in [0.05, 0.1) is 18.9 Å². The minimum Gasteiger partial charge on any atom is -0.327 e. The molecule has 0 heterocycles. The highest BCUT2D eigenvalue weighted by atomic mass is 35.5. The Bertz CT molecular complexity index is 307. The smallest absolute Gasteiger partial charge is 0.327 e. The fourth-order valence-electron chi connectivity index (χ4n) is 2.52. The first-order valence-corrected chi connectivity index (χ1v) is 9.39. The van der Waals surface area contributed by atoms with Crippen LogP contribution in [0.15, 0.2) is 0 Å². The van der Waals surface area contributed by atoms with Gasteiger partial charge in [0.1, 0.15) is 0 Å². The first kappa shape index (κ1) is 17.7. The van der Waals surface area contributed by atoms with E-state index in [1.165, 1.54) is 0 Å². The number of alkyl halides is 2. The molecule has 19 heavy (non-hydrogen) atoms. The third-order valence-electron chi connectivity index (χ3n) is 3.83. The molecule has 114 valence electrons. The largest absolute Gasteiger partial charge is 0.335 e.